The normalized spacial score (nSPS) is 13.1. The first-order chi connectivity index (χ1) is 11.3. The van der Waals surface area contributed by atoms with Gasteiger partial charge in [0.1, 0.15) is 19.0 Å². The van der Waals surface area contributed by atoms with Crippen LogP contribution < -0.4 is 14.2 Å². The lowest BCUT2D eigenvalue weighted by Gasteiger charge is -2.18. The van der Waals surface area contributed by atoms with Crippen LogP contribution in [0.25, 0.3) is 6.08 Å². The van der Waals surface area contributed by atoms with E-state index >= 15 is 0 Å². The Morgan fingerprint density at radius 2 is 1.83 bits per heavy atom. The summed E-state index contributed by atoms with van der Waals surface area (Å²) in [6.45, 7) is 3.63. The molecule has 0 saturated heterocycles. The molecule has 0 unspecified atom stereocenters. The zero-order chi connectivity index (χ0) is 16.1. The number of carbonyl (C=O) groups excluding carboxylic acids is 1. The highest BCUT2D eigenvalue weighted by Crippen LogP contribution is 2.31. The van der Waals surface area contributed by atoms with Crippen molar-refractivity contribution in [3.8, 4) is 17.2 Å². The number of ketones is 1. The summed E-state index contributed by atoms with van der Waals surface area (Å²) in [4.78, 5) is 12.3. The molecular weight excluding hydrogens is 292 g/mol. The van der Waals surface area contributed by atoms with Gasteiger partial charge in [0.15, 0.2) is 17.3 Å². The minimum Gasteiger partial charge on any atom is -0.494 e. The zero-order valence-corrected chi connectivity index (χ0v) is 13.0. The fourth-order valence-electron chi connectivity index (χ4n) is 2.31. The van der Waals surface area contributed by atoms with Crippen molar-refractivity contribution in [3.63, 3.8) is 0 Å². The van der Waals surface area contributed by atoms with Crippen LogP contribution in [0.3, 0.4) is 0 Å². The molecule has 2 aromatic rings. The van der Waals surface area contributed by atoms with Crippen LogP contribution in [0.1, 0.15) is 22.8 Å². The van der Waals surface area contributed by atoms with Gasteiger partial charge in [0.05, 0.1) is 6.61 Å². The molecule has 0 atom stereocenters. The molecule has 4 nitrogen and oxygen atoms in total. The summed E-state index contributed by atoms with van der Waals surface area (Å²) < 4.78 is 16.3. The zero-order valence-electron chi connectivity index (χ0n) is 13.0. The van der Waals surface area contributed by atoms with Crippen LogP contribution in [0.2, 0.25) is 0 Å². The van der Waals surface area contributed by atoms with E-state index in [0.29, 0.717) is 36.9 Å². The van der Waals surface area contributed by atoms with Crippen LogP contribution in [0.5, 0.6) is 17.2 Å². The second-order valence-corrected chi connectivity index (χ2v) is 5.06. The van der Waals surface area contributed by atoms with Crippen molar-refractivity contribution in [3.05, 3.63) is 59.7 Å². The number of ether oxygens (including phenoxy) is 3. The average Bonchev–Trinajstić information content (AvgIpc) is 2.60. The van der Waals surface area contributed by atoms with E-state index in [9.17, 15) is 4.79 Å². The number of hydrogen-bond acceptors (Lipinski definition) is 4. The molecule has 3 rings (SSSR count). The van der Waals surface area contributed by atoms with E-state index in [2.05, 4.69) is 0 Å². The number of carbonyl (C=O) groups is 1. The maximum absolute atomic E-state index is 12.3. The Hall–Kier alpha value is -2.75. The highest BCUT2D eigenvalue weighted by Gasteiger charge is 2.13. The second kappa shape index (κ2) is 7.01. The Morgan fingerprint density at radius 3 is 2.57 bits per heavy atom. The number of rotatable bonds is 5. The fourth-order valence-corrected chi connectivity index (χ4v) is 2.31. The van der Waals surface area contributed by atoms with Gasteiger partial charge in [-0.05, 0) is 48.9 Å². The van der Waals surface area contributed by atoms with E-state index in [1.165, 1.54) is 0 Å². The van der Waals surface area contributed by atoms with Gasteiger partial charge < -0.3 is 14.2 Å². The van der Waals surface area contributed by atoms with Crippen LogP contribution in [-0.2, 0) is 0 Å². The van der Waals surface area contributed by atoms with Crippen LogP contribution >= 0.6 is 0 Å². The Labute approximate surface area is 135 Å². The van der Waals surface area contributed by atoms with Gasteiger partial charge in [0.2, 0.25) is 0 Å². The van der Waals surface area contributed by atoms with Crippen LogP contribution in [0.4, 0.5) is 0 Å². The third-order valence-electron chi connectivity index (χ3n) is 3.44. The van der Waals surface area contributed by atoms with E-state index in [-0.39, 0.29) is 5.78 Å². The van der Waals surface area contributed by atoms with Gasteiger partial charge in [-0.15, -0.1) is 0 Å². The summed E-state index contributed by atoms with van der Waals surface area (Å²) in [6.07, 6.45) is 3.34. The summed E-state index contributed by atoms with van der Waals surface area (Å²) in [5, 5.41) is 0. The van der Waals surface area contributed by atoms with Crippen molar-refractivity contribution in [2.75, 3.05) is 19.8 Å². The highest BCUT2D eigenvalue weighted by molar-refractivity contribution is 6.07. The van der Waals surface area contributed by atoms with Gasteiger partial charge in [-0.3, -0.25) is 4.79 Å². The molecule has 0 aromatic heterocycles. The first-order valence-corrected chi connectivity index (χ1v) is 7.61. The van der Waals surface area contributed by atoms with Gasteiger partial charge in [0.25, 0.3) is 0 Å². The van der Waals surface area contributed by atoms with Crippen molar-refractivity contribution >= 4 is 11.9 Å². The molecule has 0 radical (unpaired) electrons. The fraction of sp³-hybridized carbons (Fsp3) is 0.211. The molecule has 118 valence electrons. The molecule has 0 saturated carbocycles. The molecule has 0 spiro atoms. The monoisotopic (exact) mass is 310 g/mol. The third-order valence-corrected chi connectivity index (χ3v) is 3.44. The van der Waals surface area contributed by atoms with Gasteiger partial charge >= 0.3 is 0 Å². The lowest BCUT2D eigenvalue weighted by molar-refractivity contribution is 0.104. The lowest BCUT2D eigenvalue weighted by atomic mass is 10.1. The first kappa shape index (κ1) is 15.2. The molecule has 0 fully saturated rings. The van der Waals surface area contributed by atoms with Gasteiger partial charge in [-0.25, -0.2) is 0 Å². The van der Waals surface area contributed by atoms with Crippen molar-refractivity contribution in [1.29, 1.82) is 0 Å². The second-order valence-electron chi connectivity index (χ2n) is 5.06. The molecule has 0 N–H and O–H groups in total. The van der Waals surface area contributed by atoms with E-state index in [1.54, 1.807) is 30.4 Å². The maximum Gasteiger partial charge on any atom is 0.185 e. The SMILES string of the molecule is CCOc1ccc(C=CC(=O)c2ccc3c(c2)OCCO3)cc1. The maximum atomic E-state index is 12.3. The van der Waals surface area contributed by atoms with Crippen molar-refractivity contribution in [1.82, 2.24) is 0 Å². The third kappa shape index (κ3) is 3.72. The molecule has 0 amide bonds. The van der Waals surface area contributed by atoms with Crippen LogP contribution in [0.15, 0.2) is 48.5 Å². The summed E-state index contributed by atoms with van der Waals surface area (Å²) in [6, 6.07) is 12.8. The van der Waals surface area contributed by atoms with Crippen molar-refractivity contribution < 1.29 is 19.0 Å². The van der Waals surface area contributed by atoms with E-state index < -0.39 is 0 Å². The van der Waals surface area contributed by atoms with E-state index in [1.807, 2.05) is 31.2 Å². The molecule has 1 heterocycles. The van der Waals surface area contributed by atoms with Gasteiger partial charge in [0, 0.05) is 5.56 Å². The first-order valence-electron chi connectivity index (χ1n) is 7.61. The lowest BCUT2D eigenvalue weighted by Crippen LogP contribution is -2.15. The standard InChI is InChI=1S/C19H18O4/c1-2-21-16-7-3-14(4-8-16)5-9-17(20)15-6-10-18-19(13-15)23-12-11-22-18/h3-10,13H,2,11-12H2,1H3. The largest absolute Gasteiger partial charge is 0.494 e. The van der Waals surface area contributed by atoms with E-state index in [0.717, 1.165) is 11.3 Å². The molecular formula is C19H18O4. The smallest absolute Gasteiger partial charge is 0.185 e. The predicted octanol–water partition coefficient (Wildman–Crippen LogP) is 3.75. The number of hydrogen-bond donors (Lipinski definition) is 0. The Balaban J connectivity index is 1.70. The number of fused-ring (bicyclic) bond motifs is 1. The Morgan fingerprint density at radius 1 is 1.09 bits per heavy atom. The number of allylic oxidation sites excluding steroid dienone is 1. The topological polar surface area (TPSA) is 44.8 Å². The Kier molecular flexibility index (Phi) is 4.62. The van der Waals surface area contributed by atoms with E-state index in [4.69, 9.17) is 14.2 Å². The molecule has 4 heteroatoms. The summed E-state index contributed by atoms with van der Waals surface area (Å²) in [7, 11) is 0. The van der Waals surface area contributed by atoms with Crippen LogP contribution in [0, 0.1) is 0 Å². The molecule has 1 aliphatic rings. The highest BCUT2D eigenvalue weighted by atomic mass is 16.6. The average molecular weight is 310 g/mol. The van der Waals surface area contributed by atoms with Crippen LogP contribution in [-0.4, -0.2) is 25.6 Å². The quantitative estimate of drug-likeness (QED) is 0.623. The van der Waals surface area contributed by atoms with Crippen molar-refractivity contribution in [2.24, 2.45) is 0 Å². The summed E-state index contributed by atoms with van der Waals surface area (Å²) >= 11 is 0. The molecule has 0 bridgehead atoms. The van der Waals surface area contributed by atoms with Gasteiger partial charge in [-0.2, -0.15) is 0 Å². The molecule has 2 aromatic carbocycles. The minimum absolute atomic E-state index is 0.0733. The predicted molar refractivity (Wildman–Crippen MR) is 88.4 cm³/mol. The molecule has 1 aliphatic heterocycles. The Bertz CT molecular complexity index is 717. The molecule has 0 aliphatic carbocycles. The van der Waals surface area contributed by atoms with Gasteiger partial charge in [-0.1, -0.05) is 18.2 Å². The summed E-state index contributed by atoms with van der Waals surface area (Å²) in [5.74, 6) is 2.05. The minimum atomic E-state index is -0.0733. The number of benzene rings is 2. The molecule has 23 heavy (non-hydrogen) atoms. The van der Waals surface area contributed by atoms with Crippen molar-refractivity contribution in [2.45, 2.75) is 6.92 Å². The summed E-state index contributed by atoms with van der Waals surface area (Å²) in [5.41, 5.74) is 1.52.